The van der Waals surface area contributed by atoms with Crippen LogP contribution in [0.3, 0.4) is 0 Å². The van der Waals surface area contributed by atoms with Gasteiger partial charge < -0.3 is 14.9 Å². The van der Waals surface area contributed by atoms with E-state index in [-0.39, 0.29) is 33.8 Å². The number of carbonyl (C=O) groups is 1. The van der Waals surface area contributed by atoms with Gasteiger partial charge in [-0.25, -0.2) is 9.48 Å². The van der Waals surface area contributed by atoms with Crippen LogP contribution >= 0.6 is 0 Å². The Morgan fingerprint density at radius 3 is 2.35 bits per heavy atom. The van der Waals surface area contributed by atoms with Crippen LogP contribution in [0.1, 0.15) is 37.6 Å². The minimum absolute atomic E-state index is 0.00616. The zero-order valence-electron chi connectivity index (χ0n) is 21.2. The first-order chi connectivity index (χ1) is 17.4. The number of phenolic OH excluding ortho intramolecular Hbond substituents is 1. The van der Waals surface area contributed by atoms with E-state index in [2.05, 4.69) is 36.1 Å². The second-order valence-corrected chi connectivity index (χ2v) is 9.80. The Labute approximate surface area is 213 Å². The van der Waals surface area contributed by atoms with Crippen molar-refractivity contribution < 1.29 is 19.7 Å². The normalized spacial score (nSPS) is 11.7. The van der Waals surface area contributed by atoms with Crippen LogP contribution in [-0.2, 0) is 5.41 Å². The van der Waals surface area contributed by atoms with Crippen LogP contribution < -0.4 is 10.3 Å². The largest absolute Gasteiger partial charge is 0.511 e. The molecule has 0 radical (unpaired) electrons. The summed E-state index contributed by atoms with van der Waals surface area (Å²) < 4.78 is 6.13. The van der Waals surface area contributed by atoms with Crippen molar-refractivity contribution in [2.45, 2.75) is 40.0 Å². The highest BCUT2D eigenvalue weighted by atomic mass is 16.7. The molecule has 1 aromatic heterocycles. The SMILES string of the molecule is Cc1cc(N=Nc2c(C)[nH]n(-c3ccc(C(C)(C)C)cc3)c2=O)c(O)c(-c2cccc(OC(=O)O)c2)c1. The molecule has 9 heteroatoms. The predicted molar refractivity (Wildman–Crippen MR) is 141 cm³/mol. The third-order valence-corrected chi connectivity index (χ3v) is 5.87. The van der Waals surface area contributed by atoms with E-state index in [0.29, 0.717) is 22.5 Å². The van der Waals surface area contributed by atoms with Gasteiger partial charge in [0.2, 0.25) is 0 Å². The first-order valence-electron chi connectivity index (χ1n) is 11.6. The number of H-pyrrole nitrogens is 1. The monoisotopic (exact) mass is 500 g/mol. The van der Waals surface area contributed by atoms with E-state index in [4.69, 9.17) is 9.84 Å². The molecule has 0 saturated carbocycles. The zero-order valence-corrected chi connectivity index (χ0v) is 21.2. The maximum Gasteiger partial charge on any atom is 0.511 e. The van der Waals surface area contributed by atoms with Crippen LogP contribution in [0, 0.1) is 13.8 Å². The minimum Gasteiger partial charge on any atom is -0.505 e. The smallest absolute Gasteiger partial charge is 0.505 e. The molecule has 0 unspecified atom stereocenters. The van der Waals surface area contributed by atoms with E-state index in [9.17, 15) is 14.7 Å². The average Bonchev–Trinajstić information content (AvgIpc) is 3.11. The Kier molecular flexibility index (Phi) is 6.72. The molecule has 4 rings (SSSR count). The molecule has 190 valence electrons. The molecular formula is C28H28N4O5. The van der Waals surface area contributed by atoms with Gasteiger partial charge >= 0.3 is 6.16 Å². The molecule has 0 fully saturated rings. The number of aromatic nitrogens is 2. The summed E-state index contributed by atoms with van der Waals surface area (Å²) in [6.45, 7) is 9.93. The average molecular weight is 501 g/mol. The first kappa shape index (κ1) is 25.4. The number of aromatic amines is 1. The molecule has 0 bridgehead atoms. The lowest BCUT2D eigenvalue weighted by Crippen LogP contribution is -2.15. The number of benzene rings is 3. The summed E-state index contributed by atoms with van der Waals surface area (Å²) in [6.07, 6.45) is -1.43. The van der Waals surface area contributed by atoms with Gasteiger partial charge in [-0.2, -0.15) is 0 Å². The maximum absolute atomic E-state index is 13.1. The fraction of sp³-hybridized carbons (Fsp3) is 0.214. The molecule has 1 heterocycles. The van der Waals surface area contributed by atoms with E-state index in [0.717, 1.165) is 11.1 Å². The number of azo groups is 1. The maximum atomic E-state index is 13.1. The summed E-state index contributed by atoms with van der Waals surface area (Å²) in [6, 6.07) is 17.4. The molecule has 9 nitrogen and oxygen atoms in total. The second kappa shape index (κ2) is 9.77. The quantitative estimate of drug-likeness (QED) is 0.155. The zero-order chi connectivity index (χ0) is 26.9. The van der Waals surface area contributed by atoms with E-state index in [1.54, 1.807) is 31.2 Å². The lowest BCUT2D eigenvalue weighted by molar-refractivity contribution is 0.144. The number of nitrogens with one attached hydrogen (secondary N) is 1. The highest BCUT2D eigenvalue weighted by Gasteiger charge is 2.17. The highest BCUT2D eigenvalue weighted by molar-refractivity contribution is 5.78. The molecule has 3 N–H and O–H groups in total. The number of rotatable bonds is 5. The summed E-state index contributed by atoms with van der Waals surface area (Å²) in [5, 5.41) is 31.2. The Morgan fingerprint density at radius 2 is 1.70 bits per heavy atom. The van der Waals surface area contributed by atoms with Gasteiger partial charge in [0.05, 0.1) is 11.4 Å². The van der Waals surface area contributed by atoms with Gasteiger partial charge in [-0.3, -0.25) is 9.89 Å². The van der Waals surface area contributed by atoms with Crippen molar-refractivity contribution in [3.8, 4) is 28.3 Å². The Bertz CT molecular complexity index is 1560. The fourth-order valence-electron chi connectivity index (χ4n) is 3.94. The minimum atomic E-state index is -1.43. The van der Waals surface area contributed by atoms with Crippen molar-refractivity contribution in [3.63, 3.8) is 0 Å². The van der Waals surface area contributed by atoms with Gasteiger partial charge in [0.1, 0.15) is 11.4 Å². The molecular weight excluding hydrogens is 472 g/mol. The Hall–Kier alpha value is -4.66. The second-order valence-electron chi connectivity index (χ2n) is 9.80. The number of nitrogens with zero attached hydrogens (tertiary/aromatic N) is 3. The number of carboxylic acid groups (broad SMARTS) is 1. The number of phenols is 1. The summed E-state index contributed by atoms with van der Waals surface area (Å²) in [4.78, 5) is 24.0. The summed E-state index contributed by atoms with van der Waals surface area (Å²) >= 11 is 0. The molecule has 0 aliphatic heterocycles. The number of ether oxygens (including phenoxy) is 1. The summed E-state index contributed by atoms with van der Waals surface area (Å²) in [5.41, 5.74) is 4.02. The van der Waals surface area contributed by atoms with Gasteiger partial charge in [-0.15, -0.1) is 10.2 Å². The number of hydrogen-bond acceptors (Lipinski definition) is 6. The van der Waals surface area contributed by atoms with Gasteiger partial charge in [-0.1, -0.05) is 45.0 Å². The predicted octanol–water partition coefficient (Wildman–Crippen LogP) is 6.92. The number of aromatic hydroxyl groups is 1. The molecule has 0 amide bonds. The molecule has 4 aromatic rings. The van der Waals surface area contributed by atoms with Crippen molar-refractivity contribution >= 4 is 17.5 Å². The standard InChI is InChI=1S/C28H28N4O5/c1-16-13-22(18-7-6-8-21(15-18)37-27(35)36)25(33)23(14-16)29-30-24-17(2)31-32(26(24)34)20-11-9-19(10-12-20)28(3,4)5/h6-15,31,33H,1-5H3,(H,35,36). The fourth-order valence-corrected chi connectivity index (χ4v) is 3.94. The van der Waals surface area contributed by atoms with Gasteiger partial charge in [-0.05, 0) is 72.4 Å². The first-order valence-corrected chi connectivity index (χ1v) is 11.6. The summed E-state index contributed by atoms with van der Waals surface area (Å²) in [5.74, 6) is -0.0405. The van der Waals surface area contributed by atoms with Gasteiger partial charge in [0, 0.05) is 5.56 Å². The Morgan fingerprint density at radius 1 is 1.00 bits per heavy atom. The third-order valence-electron chi connectivity index (χ3n) is 5.87. The molecule has 0 atom stereocenters. The van der Waals surface area contributed by atoms with Crippen molar-refractivity contribution in [3.05, 3.63) is 87.8 Å². The van der Waals surface area contributed by atoms with E-state index >= 15 is 0 Å². The van der Waals surface area contributed by atoms with Crippen molar-refractivity contribution in [1.82, 2.24) is 9.78 Å². The van der Waals surface area contributed by atoms with Crippen LogP contribution in [0.5, 0.6) is 11.5 Å². The molecule has 0 spiro atoms. The number of hydrogen-bond donors (Lipinski definition) is 3. The van der Waals surface area contributed by atoms with Crippen molar-refractivity contribution in [2.75, 3.05) is 0 Å². The Balaban J connectivity index is 1.69. The van der Waals surface area contributed by atoms with Crippen molar-refractivity contribution in [1.29, 1.82) is 0 Å². The van der Waals surface area contributed by atoms with Crippen LogP contribution in [0.2, 0.25) is 0 Å². The van der Waals surface area contributed by atoms with Crippen LogP contribution in [0.4, 0.5) is 16.2 Å². The van der Waals surface area contributed by atoms with Crippen LogP contribution in [0.25, 0.3) is 16.8 Å². The topological polar surface area (TPSA) is 129 Å². The van der Waals surface area contributed by atoms with Gasteiger partial charge in [0.15, 0.2) is 11.4 Å². The van der Waals surface area contributed by atoms with E-state index in [1.165, 1.54) is 16.8 Å². The molecule has 3 aromatic carbocycles. The molecule has 37 heavy (non-hydrogen) atoms. The van der Waals surface area contributed by atoms with Gasteiger partial charge in [0.25, 0.3) is 5.56 Å². The highest BCUT2D eigenvalue weighted by Crippen LogP contribution is 2.40. The molecule has 0 aliphatic rings. The van der Waals surface area contributed by atoms with E-state index in [1.807, 2.05) is 31.2 Å². The summed E-state index contributed by atoms with van der Waals surface area (Å²) in [7, 11) is 0. The molecule has 0 saturated heterocycles. The van der Waals surface area contributed by atoms with Crippen molar-refractivity contribution in [2.24, 2.45) is 10.2 Å². The van der Waals surface area contributed by atoms with E-state index < -0.39 is 6.16 Å². The number of aryl methyl sites for hydroxylation is 2. The van der Waals surface area contributed by atoms with Crippen LogP contribution in [-0.4, -0.2) is 26.1 Å². The lowest BCUT2D eigenvalue weighted by atomic mass is 9.87. The van der Waals surface area contributed by atoms with Crippen LogP contribution in [0.15, 0.2) is 75.7 Å². The third kappa shape index (κ3) is 5.45. The molecule has 0 aliphatic carbocycles. The lowest BCUT2D eigenvalue weighted by Gasteiger charge is -2.19.